The van der Waals surface area contributed by atoms with E-state index in [9.17, 15) is 14.0 Å². The van der Waals surface area contributed by atoms with Gasteiger partial charge in [-0.05, 0) is 30.3 Å². The molecule has 1 aliphatic heterocycles. The number of halogens is 1. The van der Waals surface area contributed by atoms with Gasteiger partial charge < -0.3 is 14.3 Å². The van der Waals surface area contributed by atoms with Crippen LogP contribution in [0.25, 0.3) is 16.8 Å². The molecular formula is C17H13FN2O5. The van der Waals surface area contributed by atoms with Crippen LogP contribution in [0.15, 0.2) is 51.7 Å². The zero-order valence-corrected chi connectivity index (χ0v) is 12.9. The number of cyclic esters (lactones) is 1. The summed E-state index contributed by atoms with van der Waals surface area (Å²) < 4.78 is 25.8. The van der Waals surface area contributed by atoms with Gasteiger partial charge >= 0.3 is 11.8 Å². The fourth-order valence-electron chi connectivity index (χ4n) is 2.87. The highest BCUT2D eigenvalue weighted by Crippen LogP contribution is 2.26. The first kappa shape index (κ1) is 15.4. The molecule has 1 N–H and O–H groups in total. The van der Waals surface area contributed by atoms with Crippen molar-refractivity contribution in [1.82, 2.24) is 4.57 Å². The summed E-state index contributed by atoms with van der Waals surface area (Å²) in [6.45, 7) is -0.179. The highest BCUT2D eigenvalue weighted by Gasteiger charge is 2.32. The number of anilines is 1. The number of nitrogens with zero attached hydrogens (tertiary/aromatic N) is 2. The van der Waals surface area contributed by atoms with Gasteiger partial charge in [0.2, 0.25) is 0 Å². The number of fused-ring (bicyclic) bond motifs is 1. The molecule has 0 radical (unpaired) electrons. The van der Waals surface area contributed by atoms with Crippen molar-refractivity contribution in [2.45, 2.75) is 6.10 Å². The van der Waals surface area contributed by atoms with E-state index in [1.165, 1.54) is 17.0 Å². The van der Waals surface area contributed by atoms with E-state index in [1.54, 1.807) is 24.3 Å². The van der Waals surface area contributed by atoms with E-state index < -0.39 is 23.8 Å². The molecule has 7 nitrogen and oxygen atoms in total. The standard InChI is InChI=1S/C17H13FN2O5/c18-12-7-10(19-8-11(9-21)24-16(19)22)5-6-13(12)20-14-3-1-2-4-15(14)25-17(20)23/h1-7,11,21H,8-9H2. The van der Waals surface area contributed by atoms with E-state index in [2.05, 4.69) is 0 Å². The molecule has 1 unspecified atom stereocenters. The molecular weight excluding hydrogens is 331 g/mol. The van der Waals surface area contributed by atoms with Gasteiger partial charge in [0.1, 0.15) is 11.9 Å². The van der Waals surface area contributed by atoms with Crippen molar-refractivity contribution in [2.75, 3.05) is 18.1 Å². The third-order valence-electron chi connectivity index (χ3n) is 4.05. The van der Waals surface area contributed by atoms with Crippen LogP contribution in [0.3, 0.4) is 0 Å². The van der Waals surface area contributed by atoms with E-state index in [4.69, 9.17) is 14.3 Å². The van der Waals surface area contributed by atoms with Gasteiger partial charge in [-0.15, -0.1) is 0 Å². The average Bonchev–Trinajstić information content (AvgIpc) is 3.14. The summed E-state index contributed by atoms with van der Waals surface area (Å²) in [5, 5.41) is 9.08. The Kier molecular flexibility index (Phi) is 3.54. The summed E-state index contributed by atoms with van der Waals surface area (Å²) in [7, 11) is 0. The Morgan fingerprint density at radius 3 is 2.72 bits per heavy atom. The number of ether oxygens (including phenoxy) is 1. The third kappa shape index (κ3) is 2.47. The van der Waals surface area contributed by atoms with Crippen LogP contribution >= 0.6 is 0 Å². The minimum atomic E-state index is -0.700. The summed E-state index contributed by atoms with van der Waals surface area (Å²) >= 11 is 0. The quantitative estimate of drug-likeness (QED) is 0.786. The number of aliphatic hydroxyl groups excluding tert-OH is 1. The molecule has 1 aliphatic rings. The lowest BCUT2D eigenvalue weighted by Crippen LogP contribution is -2.25. The fraction of sp³-hybridized carbons (Fsp3) is 0.176. The molecule has 0 saturated carbocycles. The molecule has 8 heteroatoms. The lowest BCUT2D eigenvalue weighted by Gasteiger charge is -2.14. The lowest BCUT2D eigenvalue weighted by molar-refractivity contribution is 0.0963. The normalized spacial score (nSPS) is 17.3. The van der Waals surface area contributed by atoms with Crippen LogP contribution in [-0.2, 0) is 4.74 Å². The monoisotopic (exact) mass is 344 g/mol. The highest BCUT2D eigenvalue weighted by molar-refractivity contribution is 5.90. The van der Waals surface area contributed by atoms with Gasteiger partial charge in [-0.25, -0.2) is 18.5 Å². The zero-order valence-electron chi connectivity index (χ0n) is 12.9. The van der Waals surface area contributed by atoms with E-state index in [1.807, 2.05) is 0 Å². The number of carbonyl (C=O) groups excluding carboxylic acids is 1. The number of hydrogen-bond donors (Lipinski definition) is 1. The van der Waals surface area contributed by atoms with Gasteiger partial charge in [0, 0.05) is 0 Å². The number of para-hydroxylation sites is 2. The molecule has 25 heavy (non-hydrogen) atoms. The maximum Gasteiger partial charge on any atom is 0.424 e. The van der Waals surface area contributed by atoms with Gasteiger partial charge in [-0.2, -0.15) is 0 Å². The highest BCUT2D eigenvalue weighted by atomic mass is 19.1. The number of carbonyl (C=O) groups is 1. The first-order chi connectivity index (χ1) is 12.1. The molecule has 0 spiro atoms. The number of benzene rings is 2. The van der Waals surface area contributed by atoms with Crippen molar-refractivity contribution in [3.63, 3.8) is 0 Å². The van der Waals surface area contributed by atoms with Gasteiger partial charge in [-0.1, -0.05) is 12.1 Å². The van der Waals surface area contributed by atoms with Gasteiger partial charge in [0.25, 0.3) is 0 Å². The second-order valence-electron chi connectivity index (χ2n) is 5.61. The smallest absolute Gasteiger partial charge is 0.424 e. The molecule has 128 valence electrons. The summed E-state index contributed by atoms with van der Waals surface area (Å²) in [5.41, 5.74) is 1.10. The van der Waals surface area contributed by atoms with Crippen LogP contribution in [-0.4, -0.2) is 35.0 Å². The Bertz CT molecular complexity index is 1030. The van der Waals surface area contributed by atoms with Gasteiger partial charge in [-0.3, -0.25) is 4.90 Å². The number of amides is 1. The average molecular weight is 344 g/mol. The molecule has 2 heterocycles. The fourth-order valence-corrected chi connectivity index (χ4v) is 2.87. The van der Waals surface area contributed by atoms with Crippen LogP contribution in [0, 0.1) is 5.82 Å². The van der Waals surface area contributed by atoms with Crippen molar-refractivity contribution in [3.05, 3.63) is 58.8 Å². The van der Waals surface area contributed by atoms with Crippen LogP contribution in [0.4, 0.5) is 14.9 Å². The number of aliphatic hydroxyl groups is 1. The maximum absolute atomic E-state index is 14.7. The van der Waals surface area contributed by atoms with Crippen molar-refractivity contribution >= 4 is 22.9 Å². The predicted molar refractivity (Wildman–Crippen MR) is 86.5 cm³/mol. The molecule has 1 saturated heterocycles. The third-order valence-corrected chi connectivity index (χ3v) is 4.05. The number of oxazole rings is 1. The maximum atomic E-state index is 14.7. The molecule has 0 bridgehead atoms. The van der Waals surface area contributed by atoms with E-state index in [-0.39, 0.29) is 24.5 Å². The first-order valence-electron chi connectivity index (χ1n) is 7.58. The Morgan fingerprint density at radius 2 is 2.00 bits per heavy atom. The van der Waals surface area contributed by atoms with Crippen LogP contribution in [0.1, 0.15) is 0 Å². The van der Waals surface area contributed by atoms with Crippen molar-refractivity contribution in [3.8, 4) is 5.69 Å². The van der Waals surface area contributed by atoms with Crippen LogP contribution in [0.2, 0.25) is 0 Å². The SMILES string of the molecule is O=C1OC(CO)CN1c1ccc(-n2c(=O)oc3ccccc32)c(F)c1. The van der Waals surface area contributed by atoms with E-state index >= 15 is 0 Å². The minimum Gasteiger partial charge on any atom is -0.441 e. The molecule has 3 aromatic rings. The van der Waals surface area contributed by atoms with Crippen LogP contribution in [0.5, 0.6) is 0 Å². The van der Waals surface area contributed by atoms with Crippen LogP contribution < -0.4 is 10.7 Å². The Balaban J connectivity index is 1.77. The summed E-state index contributed by atoms with van der Waals surface area (Å²) in [6.07, 6.45) is -1.30. The van der Waals surface area contributed by atoms with Gasteiger partial charge in [0.15, 0.2) is 5.58 Å². The summed E-state index contributed by atoms with van der Waals surface area (Å²) in [5.74, 6) is -1.39. The molecule has 4 rings (SSSR count). The predicted octanol–water partition coefficient (Wildman–Crippen LogP) is 2.04. The van der Waals surface area contributed by atoms with Gasteiger partial charge in [0.05, 0.1) is 30.0 Å². The molecule has 1 amide bonds. The summed E-state index contributed by atoms with van der Waals surface area (Å²) in [6, 6.07) is 10.7. The summed E-state index contributed by atoms with van der Waals surface area (Å²) in [4.78, 5) is 25.1. The lowest BCUT2D eigenvalue weighted by atomic mass is 10.2. The Labute approximate surface area is 140 Å². The number of hydrogen-bond acceptors (Lipinski definition) is 5. The molecule has 1 atom stereocenters. The first-order valence-corrected chi connectivity index (χ1v) is 7.58. The van der Waals surface area contributed by atoms with E-state index in [0.29, 0.717) is 11.1 Å². The number of rotatable bonds is 3. The number of aromatic nitrogens is 1. The van der Waals surface area contributed by atoms with Crippen molar-refractivity contribution in [1.29, 1.82) is 0 Å². The minimum absolute atomic E-state index is 0.0185. The molecule has 0 aliphatic carbocycles. The molecule has 2 aromatic carbocycles. The largest absolute Gasteiger partial charge is 0.441 e. The molecule has 1 fully saturated rings. The molecule has 1 aromatic heterocycles. The Hall–Kier alpha value is -3.13. The van der Waals surface area contributed by atoms with Crippen molar-refractivity contribution in [2.24, 2.45) is 0 Å². The van der Waals surface area contributed by atoms with E-state index in [0.717, 1.165) is 10.6 Å². The van der Waals surface area contributed by atoms with Crippen molar-refractivity contribution < 1.29 is 23.4 Å². The Morgan fingerprint density at radius 1 is 1.20 bits per heavy atom. The topological polar surface area (TPSA) is 84.9 Å². The second-order valence-corrected chi connectivity index (χ2v) is 5.61. The zero-order chi connectivity index (χ0) is 17.6. The second kappa shape index (κ2) is 5.75.